The second kappa shape index (κ2) is 7.10. The maximum atomic E-state index is 12.2. The second-order valence-corrected chi connectivity index (χ2v) is 6.32. The van der Waals surface area contributed by atoms with E-state index in [0.29, 0.717) is 18.7 Å². The van der Waals surface area contributed by atoms with Crippen LogP contribution in [0.4, 0.5) is 5.95 Å². The lowest BCUT2D eigenvalue weighted by Gasteiger charge is -2.39. The first-order valence-corrected chi connectivity index (χ1v) is 8.53. The van der Waals surface area contributed by atoms with Crippen molar-refractivity contribution in [3.8, 4) is 0 Å². The lowest BCUT2D eigenvalue weighted by molar-refractivity contribution is -0.00170. The molecule has 8 heteroatoms. The number of carbonyl (C=O) groups excluding carboxylic acids is 1. The van der Waals surface area contributed by atoms with Gasteiger partial charge in [-0.3, -0.25) is 4.79 Å². The van der Waals surface area contributed by atoms with Gasteiger partial charge in [-0.25, -0.2) is 9.97 Å². The second-order valence-electron chi connectivity index (χ2n) is 6.32. The molecule has 2 fully saturated rings. The van der Waals surface area contributed by atoms with Crippen molar-refractivity contribution in [1.29, 1.82) is 0 Å². The average Bonchev–Trinajstić information content (AvgIpc) is 3.10. The van der Waals surface area contributed by atoms with Gasteiger partial charge in [-0.2, -0.15) is 10.2 Å². The lowest BCUT2D eigenvalue weighted by Crippen LogP contribution is -2.52. The van der Waals surface area contributed by atoms with E-state index in [0.717, 1.165) is 25.3 Å². The highest BCUT2D eigenvalue weighted by Crippen LogP contribution is 2.35. The van der Waals surface area contributed by atoms with Crippen molar-refractivity contribution in [3.63, 3.8) is 0 Å². The first-order valence-electron chi connectivity index (χ1n) is 8.53. The summed E-state index contributed by atoms with van der Waals surface area (Å²) >= 11 is 0. The molecule has 25 heavy (non-hydrogen) atoms. The molecule has 0 spiro atoms. The summed E-state index contributed by atoms with van der Waals surface area (Å²) in [4.78, 5) is 23.2. The van der Waals surface area contributed by atoms with Crippen molar-refractivity contribution < 1.29 is 9.53 Å². The molecular weight excluding hydrogens is 320 g/mol. The minimum atomic E-state index is -0.127. The van der Waals surface area contributed by atoms with Crippen LogP contribution in [0, 0.1) is 5.92 Å². The molecule has 2 aromatic rings. The number of nitrogens with zero attached hydrogens (tertiary/aromatic N) is 5. The van der Waals surface area contributed by atoms with E-state index in [1.165, 1.54) is 12.4 Å². The summed E-state index contributed by atoms with van der Waals surface area (Å²) in [7, 11) is 0. The van der Waals surface area contributed by atoms with Crippen LogP contribution < -0.4 is 10.2 Å². The Morgan fingerprint density at radius 2 is 2.12 bits per heavy atom. The fourth-order valence-corrected chi connectivity index (χ4v) is 3.72. The van der Waals surface area contributed by atoms with E-state index in [-0.39, 0.29) is 24.0 Å². The van der Waals surface area contributed by atoms with Crippen LogP contribution in [0.5, 0.6) is 0 Å². The summed E-state index contributed by atoms with van der Waals surface area (Å²) in [6, 6.07) is 3.74. The monoisotopic (exact) mass is 340 g/mol. The zero-order valence-electron chi connectivity index (χ0n) is 13.8. The third kappa shape index (κ3) is 3.30. The third-order valence-corrected chi connectivity index (χ3v) is 4.90. The van der Waals surface area contributed by atoms with Gasteiger partial charge in [-0.15, -0.1) is 0 Å². The number of nitrogens with one attached hydrogen (secondary N) is 1. The Hall–Kier alpha value is -2.61. The summed E-state index contributed by atoms with van der Waals surface area (Å²) in [6.07, 6.45) is 8.63. The highest BCUT2D eigenvalue weighted by atomic mass is 16.5. The quantitative estimate of drug-likeness (QED) is 0.875. The SMILES string of the molecule is O=C(NCC1CCC2C1OCCN2c1ncccn1)c1ccnnc1. The van der Waals surface area contributed by atoms with E-state index in [4.69, 9.17) is 4.74 Å². The van der Waals surface area contributed by atoms with Crippen LogP contribution in [0.25, 0.3) is 0 Å². The van der Waals surface area contributed by atoms with Crippen molar-refractivity contribution in [1.82, 2.24) is 25.5 Å². The molecule has 0 bridgehead atoms. The zero-order chi connectivity index (χ0) is 17.1. The normalized spacial score (nSPS) is 25.4. The van der Waals surface area contributed by atoms with Crippen LogP contribution in [-0.4, -0.2) is 57.9 Å². The summed E-state index contributed by atoms with van der Waals surface area (Å²) in [5.74, 6) is 0.918. The van der Waals surface area contributed by atoms with E-state index in [1.807, 2.05) is 6.07 Å². The predicted molar refractivity (Wildman–Crippen MR) is 90.0 cm³/mol. The number of aromatic nitrogens is 4. The van der Waals surface area contributed by atoms with Crippen LogP contribution in [0.2, 0.25) is 0 Å². The van der Waals surface area contributed by atoms with E-state index in [2.05, 4.69) is 30.4 Å². The predicted octanol–water partition coefficient (Wildman–Crippen LogP) is 0.680. The standard InChI is InChI=1S/C17H20N6O2/c24-16(13-4-7-21-22-11-13)20-10-12-2-3-14-15(12)25-9-8-23(14)17-18-5-1-6-19-17/h1,4-7,11-12,14-15H,2-3,8-10H2,(H,20,24). The molecule has 1 saturated carbocycles. The van der Waals surface area contributed by atoms with Crippen molar-refractivity contribution in [2.75, 3.05) is 24.6 Å². The van der Waals surface area contributed by atoms with E-state index in [9.17, 15) is 4.79 Å². The number of fused-ring (bicyclic) bond motifs is 1. The molecule has 2 aromatic heterocycles. The van der Waals surface area contributed by atoms with Gasteiger partial charge >= 0.3 is 0 Å². The largest absolute Gasteiger partial charge is 0.374 e. The number of amides is 1. The Morgan fingerprint density at radius 3 is 2.92 bits per heavy atom. The van der Waals surface area contributed by atoms with Crippen LogP contribution >= 0.6 is 0 Å². The molecule has 8 nitrogen and oxygen atoms in total. The number of hydrogen-bond donors (Lipinski definition) is 1. The highest BCUT2D eigenvalue weighted by molar-refractivity contribution is 5.93. The number of rotatable bonds is 4. The van der Waals surface area contributed by atoms with Crippen molar-refractivity contribution in [2.45, 2.75) is 25.0 Å². The summed E-state index contributed by atoms with van der Waals surface area (Å²) in [5.41, 5.74) is 0.522. The van der Waals surface area contributed by atoms with Crippen molar-refractivity contribution >= 4 is 11.9 Å². The van der Waals surface area contributed by atoms with Crippen LogP contribution in [-0.2, 0) is 4.74 Å². The van der Waals surface area contributed by atoms with Crippen LogP contribution in [0.15, 0.2) is 36.9 Å². The smallest absolute Gasteiger partial charge is 0.252 e. The highest BCUT2D eigenvalue weighted by Gasteiger charge is 2.43. The van der Waals surface area contributed by atoms with Gasteiger partial charge in [0.25, 0.3) is 5.91 Å². The molecule has 130 valence electrons. The Morgan fingerprint density at radius 1 is 1.24 bits per heavy atom. The topological polar surface area (TPSA) is 93.1 Å². The van der Waals surface area contributed by atoms with E-state index >= 15 is 0 Å². The third-order valence-electron chi connectivity index (χ3n) is 4.90. The first kappa shape index (κ1) is 15.9. The van der Waals surface area contributed by atoms with Gasteiger partial charge in [-0.1, -0.05) is 0 Å². The average molecular weight is 340 g/mol. The molecule has 3 unspecified atom stereocenters. The minimum absolute atomic E-state index is 0.0911. The maximum absolute atomic E-state index is 12.2. The fourth-order valence-electron chi connectivity index (χ4n) is 3.72. The van der Waals surface area contributed by atoms with Gasteiger partial charge in [0.1, 0.15) is 0 Å². The molecule has 0 aromatic carbocycles. The van der Waals surface area contributed by atoms with E-state index < -0.39 is 0 Å². The molecule has 1 N–H and O–H groups in total. The minimum Gasteiger partial charge on any atom is -0.374 e. The first-order chi connectivity index (χ1) is 12.3. The molecule has 1 aliphatic carbocycles. The molecule has 1 aliphatic heterocycles. The number of hydrogen-bond acceptors (Lipinski definition) is 7. The van der Waals surface area contributed by atoms with Gasteiger partial charge in [-0.05, 0) is 25.0 Å². The molecular formula is C17H20N6O2. The summed E-state index contributed by atoms with van der Waals surface area (Å²) in [6.45, 7) is 2.04. The van der Waals surface area contributed by atoms with Gasteiger partial charge in [0.05, 0.1) is 36.7 Å². The van der Waals surface area contributed by atoms with Crippen molar-refractivity contribution in [2.24, 2.45) is 5.92 Å². The Labute approximate surface area is 145 Å². The Balaban J connectivity index is 1.39. The van der Waals surface area contributed by atoms with Gasteiger partial charge in [0.2, 0.25) is 5.95 Å². The summed E-state index contributed by atoms with van der Waals surface area (Å²) in [5, 5.41) is 10.4. The lowest BCUT2D eigenvalue weighted by atomic mass is 10.0. The number of anilines is 1. The van der Waals surface area contributed by atoms with Gasteiger partial charge in [0, 0.05) is 31.4 Å². The molecule has 1 saturated heterocycles. The molecule has 1 amide bonds. The van der Waals surface area contributed by atoms with Gasteiger partial charge in [0.15, 0.2) is 0 Å². The fraction of sp³-hybridized carbons (Fsp3) is 0.471. The number of carbonyl (C=O) groups is 1. The Kier molecular flexibility index (Phi) is 4.51. The number of morpholine rings is 1. The van der Waals surface area contributed by atoms with E-state index in [1.54, 1.807) is 18.5 Å². The number of ether oxygens (including phenoxy) is 1. The Bertz CT molecular complexity index is 714. The zero-order valence-corrected chi connectivity index (χ0v) is 13.8. The summed E-state index contributed by atoms with van der Waals surface area (Å²) < 4.78 is 6.03. The maximum Gasteiger partial charge on any atom is 0.252 e. The molecule has 3 atom stereocenters. The molecule has 0 radical (unpaired) electrons. The molecule has 3 heterocycles. The van der Waals surface area contributed by atoms with Gasteiger partial charge < -0.3 is 15.0 Å². The van der Waals surface area contributed by atoms with Crippen molar-refractivity contribution in [3.05, 3.63) is 42.5 Å². The van der Waals surface area contributed by atoms with Crippen LogP contribution in [0.1, 0.15) is 23.2 Å². The molecule has 2 aliphatic rings. The molecule has 4 rings (SSSR count). The van der Waals surface area contributed by atoms with Crippen LogP contribution in [0.3, 0.4) is 0 Å².